The molecule has 4 heterocycles. The molecule has 0 bridgehead atoms. The number of anilines is 2. The molecule has 1 fully saturated rings. The van der Waals surface area contributed by atoms with Gasteiger partial charge in [-0.15, -0.1) is 0 Å². The Balaban J connectivity index is 1.42. The molecule has 1 atom stereocenters. The minimum Gasteiger partial charge on any atom is -0.474 e. The molecule has 11 heteroatoms. The number of nitrogens with two attached hydrogens (primary N) is 1. The lowest BCUT2D eigenvalue weighted by Crippen LogP contribution is -2.39. The number of ether oxygens (including phenoxy) is 2. The van der Waals surface area contributed by atoms with Crippen LogP contribution >= 0.6 is 0 Å². The predicted octanol–water partition coefficient (Wildman–Crippen LogP) is 4.61. The van der Waals surface area contributed by atoms with Crippen LogP contribution in [0.5, 0.6) is 5.88 Å². The van der Waals surface area contributed by atoms with Gasteiger partial charge in [-0.25, -0.2) is 28.2 Å². The van der Waals surface area contributed by atoms with Gasteiger partial charge in [0.25, 0.3) is 0 Å². The van der Waals surface area contributed by atoms with Crippen molar-refractivity contribution in [3.63, 3.8) is 0 Å². The highest BCUT2D eigenvalue weighted by atomic mass is 32.2. The molecule has 5 rings (SSSR count). The Morgan fingerprint density at radius 2 is 1.88 bits per heavy atom. The summed E-state index contributed by atoms with van der Waals surface area (Å²) in [5.41, 5.74) is 7.14. The molecule has 1 saturated carbocycles. The zero-order valence-corrected chi connectivity index (χ0v) is 24.6. The van der Waals surface area contributed by atoms with E-state index in [2.05, 4.69) is 15.3 Å². The Labute approximate surface area is 235 Å². The zero-order chi connectivity index (χ0) is 29.0. The van der Waals surface area contributed by atoms with Crippen LogP contribution in [0.4, 0.5) is 11.6 Å². The van der Waals surface area contributed by atoms with Gasteiger partial charge in [0.2, 0.25) is 5.88 Å². The number of esters is 1. The third-order valence-electron chi connectivity index (χ3n) is 8.04. The smallest absolute Gasteiger partial charge is 0.340 e. The van der Waals surface area contributed by atoms with E-state index >= 15 is 0 Å². The lowest BCUT2D eigenvalue weighted by molar-refractivity contribution is -0.0189. The summed E-state index contributed by atoms with van der Waals surface area (Å²) in [5, 5.41) is 4.84. The summed E-state index contributed by atoms with van der Waals surface area (Å²) in [6.07, 6.45) is 4.68. The van der Waals surface area contributed by atoms with Crippen molar-refractivity contribution < 1.29 is 22.7 Å². The number of fused-ring (bicyclic) bond motifs is 2. The first-order valence-electron chi connectivity index (χ1n) is 13.6. The van der Waals surface area contributed by atoms with Gasteiger partial charge >= 0.3 is 5.97 Å². The number of pyridine rings is 3. The lowest BCUT2D eigenvalue weighted by atomic mass is 9.84. The van der Waals surface area contributed by atoms with Gasteiger partial charge in [0.05, 0.1) is 22.4 Å². The Bertz CT molecular complexity index is 1580. The number of nitrogens with one attached hydrogen (secondary N) is 1. The first-order valence-corrected chi connectivity index (χ1v) is 15.5. The summed E-state index contributed by atoms with van der Waals surface area (Å²) < 4.78 is 35.7. The van der Waals surface area contributed by atoms with Crippen molar-refractivity contribution in [1.29, 1.82) is 0 Å². The number of carbonyl (C=O) groups is 1. The summed E-state index contributed by atoms with van der Waals surface area (Å²) in [5.74, 6) is 1.57. The van der Waals surface area contributed by atoms with Gasteiger partial charge in [-0.2, -0.15) is 0 Å². The van der Waals surface area contributed by atoms with Gasteiger partial charge < -0.3 is 20.5 Å². The molecule has 0 unspecified atom stereocenters. The largest absolute Gasteiger partial charge is 0.474 e. The van der Waals surface area contributed by atoms with Gasteiger partial charge in [-0.1, -0.05) is 13.8 Å². The molecular weight excluding hydrogens is 530 g/mol. The second-order valence-electron chi connectivity index (χ2n) is 12.1. The van der Waals surface area contributed by atoms with E-state index in [0.717, 1.165) is 16.3 Å². The van der Waals surface area contributed by atoms with Gasteiger partial charge in [-0.05, 0) is 75.6 Å². The zero-order valence-electron chi connectivity index (χ0n) is 23.8. The molecule has 0 aromatic carbocycles. The highest BCUT2D eigenvalue weighted by molar-refractivity contribution is 7.91. The van der Waals surface area contributed by atoms with E-state index in [1.807, 2.05) is 40.7 Å². The summed E-state index contributed by atoms with van der Waals surface area (Å²) in [4.78, 5) is 26.4. The summed E-state index contributed by atoms with van der Waals surface area (Å²) in [6, 6.07) is 5.35. The number of rotatable bonds is 8. The molecule has 1 aliphatic heterocycles. The molecule has 0 spiro atoms. The minimum absolute atomic E-state index is 0.0879. The van der Waals surface area contributed by atoms with Crippen molar-refractivity contribution in [2.75, 3.05) is 16.8 Å². The normalized spacial score (nSPS) is 22.3. The van der Waals surface area contributed by atoms with Crippen LogP contribution in [0.2, 0.25) is 0 Å². The molecule has 0 saturated heterocycles. The van der Waals surface area contributed by atoms with E-state index in [0.29, 0.717) is 41.6 Å². The highest BCUT2D eigenvalue weighted by Gasteiger charge is 2.40. The van der Waals surface area contributed by atoms with Crippen LogP contribution in [0.15, 0.2) is 30.6 Å². The van der Waals surface area contributed by atoms with Gasteiger partial charge in [0.1, 0.15) is 33.2 Å². The van der Waals surface area contributed by atoms with Crippen LogP contribution in [-0.4, -0.2) is 52.5 Å². The van der Waals surface area contributed by atoms with Crippen molar-refractivity contribution in [3.8, 4) is 5.88 Å². The van der Waals surface area contributed by atoms with Crippen LogP contribution in [-0.2, 0) is 20.1 Å². The molecule has 10 nitrogen and oxygen atoms in total. The lowest BCUT2D eigenvalue weighted by Gasteiger charge is -2.36. The maximum atomic E-state index is 12.5. The Hall–Kier alpha value is -3.31. The molecular formula is C29H37N5O5S. The van der Waals surface area contributed by atoms with E-state index < -0.39 is 21.0 Å². The summed E-state index contributed by atoms with van der Waals surface area (Å²) >= 11 is 0. The standard InChI is InChI=1S/C29H37N5O5S/c1-7-40(36,37)15-17-10-18(11-17)38-26-21-13-31-24(12-20(21)22(14-32-26)28(3,4)30)33-23-9-8-19-25(34-23)16(2)29(5,6)39-27(19)35/h8-9,12-14,16-18H,7,10-11,15,30H2,1-6H3,(H,31,33,34)/t16-,17-,18-/m1/s1. The first kappa shape index (κ1) is 28.2. The van der Waals surface area contributed by atoms with Crippen LogP contribution < -0.4 is 15.8 Å². The number of carbonyl (C=O) groups excluding carboxylic acids is 1. The van der Waals surface area contributed by atoms with E-state index in [9.17, 15) is 13.2 Å². The average Bonchev–Trinajstić information content (AvgIpc) is 2.85. The number of cyclic esters (lactones) is 1. The second-order valence-corrected chi connectivity index (χ2v) is 14.5. The third kappa shape index (κ3) is 5.49. The Morgan fingerprint density at radius 1 is 1.15 bits per heavy atom. The van der Waals surface area contributed by atoms with Crippen molar-refractivity contribution in [1.82, 2.24) is 15.0 Å². The highest BCUT2D eigenvalue weighted by Crippen LogP contribution is 2.39. The van der Waals surface area contributed by atoms with Crippen LogP contribution in [0.3, 0.4) is 0 Å². The van der Waals surface area contributed by atoms with E-state index in [4.69, 9.17) is 20.2 Å². The maximum Gasteiger partial charge on any atom is 0.340 e. The quantitative estimate of drug-likeness (QED) is 0.370. The maximum absolute atomic E-state index is 12.5. The Morgan fingerprint density at radius 3 is 2.55 bits per heavy atom. The first-order chi connectivity index (χ1) is 18.7. The van der Waals surface area contributed by atoms with E-state index in [-0.39, 0.29) is 35.4 Å². The second kappa shape index (κ2) is 9.95. The van der Waals surface area contributed by atoms with Crippen LogP contribution in [0.25, 0.3) is 10.8 Å². The number of hydrogen-bond donors (Lipinski definition) is 2. The monoisotopic (exact) mass is 567 g/mol. The molecule has 214 valence electrons. The van der Waals surface area contributed by atoms with Crippen molar-refractivity contribution in [2.45, 2.75) is 77.5 Å². The van der Waals surface area contributed by atoms with Crippen molar-refractivity contribution in [3.05, 3.63) is 47.4 Å². The summed E-state index contributed by atoms with van der Waals surface area (Å²) in [7, 11) is -3.01. The molecule has 1 aliphatic carbocycles. The van der Waals surface area contributed by atoms with Gasteiger partial charge in [0.15, 0.2) is 0 Å². The molecule has 0 amide bonds. The fourth-order valence-electron chi connectivity index (χ4n) is 5.22. The molecule has 2 aliphatic rings. The molecule has 0 radical (unpaired) electrons. The number of nitrogens with zero attached hydrogens (tertiary/aromatic N) is 3. The summed E-state index contributed by atoms with van der Waals surface area (Å²) in [6.45, 7) is 11.3. The topological polar surface area (TPSA) is 146 Å². The van der Waals surface area contributed by atoms with E-state index in [1.54, 1.807) is 31.5 Å². The number of hydrogen-bond acceptors (Lipinski definition) is 10. The fraction of sp³-hybridized carbons (Fsp3) is 0.517. The average molecular weight is 568 g/mol. The SMILES string of the molecule is CCS(=O)(=O)C[C@H]1C[C@H](Oc2ncc(C(C)(C)N)c3cc(Nc4ccc5c(n4)[C@@H](C)C(C)(C)OC5=O)ncc23)C1. The number of sulfone groups is 1. The van der Waals surface area contributed by atoms with Gasteiger partial charge in [0, 0.05) is 29.6 Å². The Kier molecular flexibility index (Phi) is 7.02. The fourth-order valence-corrected chi connectivity index (χ4v) is 6.44. The number of aromatic nitrogens is 3. The molecule has 3 N–H and O–H groups in total. The van der Waals surface area contributed by atoms with Crippen LogP contribution in [0, 0.1) is 5.92 Å². The third-order valence-corrected chi connectivity index (χ3v) is 9.90. The molecule has 40 heavy (non-hydrogen) atoms. The van der Waals surface area contributed by atoms with Crippen LogP contribution in [0.1, 0.15) is 81.9 Å². The van der Waals surface area contributed by atoms with Gasteiger partial charge in [-0.3, -0.25) is 0 Å². The molecule has 3 aromatic heterocycles. The molecule has 3 aromatic rings. The van der Waals surface area contributed by atoms with Crippen molar-refractivity contribution in [2.24, 2.45) is 11.7 Å². The predicted molar refractivity (Wildman–Crippen MR) is 154 cm³/mol. The minimum atomic E-state index is -3.01. The van der Waals surface area contributed by atoms with E-state index in [1.165, 1.54) is 0 Å². The van der Waals surface area contributed by atoms with Crippen molar-refractivity contribution >= 4 is 38.2 Å².